The molecule has 5 rings (SSSR count). The summed E-state index contributed by atoms with van der Waals surface area (Å²) < 4.78 is 39.3. The number of H-pyrrole nitrogens is 1. The molecule has 0 amide bonds. The van der Waals surface area contributed by atoms with Crippen LogP contribution in [0.1, 0.15) is 31.4 Å². The van der Waals surface area contributed by atoms with E-state index in [4.69, 9.17) is 14.5 Å². The molecule has 2 aromatic heterocycles. The van der Waals surface area contributed by atoms with Crippen LogP contribution in [0.3, 0.4) is 0 Å². The number of ether oxygens (including phenoxy) is 2. The summed E-state index contributed by atoms with van der Waals surface area (Å²) in [5.74, 6) is -1.06. The van der Waals surface area contributed by atoms with Crippen LogP contribution in [-0.2, 0) is 4.74 Å². The van der Waals surface area contributed by atoms with Crippen LogP contribution in [0.15, 0.2) is 36.5 Å². The molecule has 1 fully saturated rings. The van der Waals surface area contributed by atoms with Gasteiger partial charge in [0.1, 0.15) is 0 Å². The SMILES string of the molecule is CCOc1nc(C2CCOCC2)c(-c2ccc(F)c(F)c2)c2cc3cn[nH]c3cc12. The van der Waals surface area contributed by atoms with E-state index in [1.54, 1.807) is 12.3 Å². The first-order chi connectivity index (χ1) is 14.7. The number of aromatic nitrogens is 3. The van der Waals surface area contributed by atoms with Crippen LogP contribution in [0, 0.1) is 11.6 Å². The third kappa shape index (κ3) is 3.19. The van der Waals surface area contributed by atoms with Gasteiger partial charge in [0.25, 0.3) is 0 Å². The third-order valence-electron chi connectivity index (χ3n) is 5.65. The summed E-state index contributed by atoms with van der Waals surface area (Å²) in [4.78, 5) is 4.91. The van der Waals surface area contributed by atoms with Gasteiger partial charge in [0, 0.05) is 35.5 Å². The highest BCUT2D eigenvalue weighted by Gasteiger charge is 2.26. The molecular weight excluding hydrogens is 388 g/mol. The minimum atomic E-state index is -0.878. The number of halogens is 2. The van der Waals surface area contributed by atoms with Gasteiger partial charge in [-0.25, -0.2) is 13.8 Å². The second kappa shape index (κ2) is 7.65. The van der Waals surface area contributed by atoms with E-state index in [0.29, 0.717) is 31.3 Å². The number of rotatable bonds is 4. The molecule has 0 aliphatic carbocycles. The van der Waals surface area contributed by atoms with Crippen LogP contribution in [0.2, 0.25) is 0 Å². The van der Waals surface area contributed by atoms with Crippen molar-refractivity contribution in [2.24, 2.45) is 0 Å². The standard InChI is InChI=1S/C23H21F2N3O2/c1-2-30-23-17-11-20-15(12-26-28-20)9-16(17)21(14-3-4-18(24)19(25)10-14)22(27-23)13-5-7-29-8-6-13/h3-4,9-13H,2,5-8H2,1H3,(H,26,28). The van der Waals surface area contributed by atoms with Crippen molar-refractivity contribution in [3.8, 4) is 17.0 Å². The van der Waals surface area contributed by atoms with Gasteiger partial charge >= 0.3 is 0 Å². The molecule has 3 heterocycles. The third-order valence-corrected chi connectivity index (χ3v) is 5.65. The zero-order valence-corrected chi connectivity index (χ0v) is 16.5. The number of benzene rings is 2. The van der Waals surface area contributed by atoms with Gasteiger partial charge in [-0.3, -0.25) is 5.10 Å². The fraction of sp³-hybridized carbons (Fsp3) is 0.304. The van der Waals surface area contributed by atoms with E-state index in [9.17, 15) is 8.78 Å². The van der Waals surface area contributed by atoms with Gasteiger partial charge in [-0.2, -0.15) is 5.10 Å². The zero-order valence-electron chi connectivity index (χ0n) is 16.5. The first kappa shape index (κ1) is 18.9. The maximum atomic E-state index is 14.2. The van der Waals surface area contributed by atoms with E-state index in [0.717, 1.165) is 51.8 Å². The molecule has 1 saturated heterocycles. The maximum absolute atomic E-state index is 14.2. The molecule has 0 atom stereocenters. The number of fused-ring (bicyclic) bond motifs is 2. The first-order valence-corrected chi connectivity index (χ1v) is 10.1. The highest BCUT2D eigenvalue weighted by Crippen LogP contribution is 2.42. The molecule has 2 aromatic carbocycles. The van der Waals surface area contributed by atoms with Gasteiger partial charge in [-0.05, 0) is 55.0 Å². The average molecular weight is 409 g/mol. The van der Waals surface area contributed by atoms with E-state index in [-0.39, 0.29) is 5.92 Å². The van der Waals surface area contributed by atoms with E-state index in [1.165, 1.54) is 6.07 Å². The second-order valence-electron chi connectivity index (χ2n) is 7.48. The van der Waals surface area contributed by atoms with Crippen molar-refractivity contribution in [3.05, 3.63) is 53.9 Å². The first-order valence-electron chi connectivity index (χ1n) is 10.1. The predicted molar refractivity (Wildman–Crippen MR) is 111 cm³/mol. The van der Waals surface area contributed by atoms with Crippen molar-refractivity contribution in [2.75, 3.05) is 19.8 Å². The summed E-state index contributed by atoms with van der Waals surface area (Å²) >= 11 is 0. The van der Waals surface area contributed by atoms with Crippen LogP contribution >= 0.6 is 0 Å². The van der Waals surface area contributed by atoms with Crippen molar-refractivity contribution in [3.63, 3.8) is 0 Å². The Morgan fingerprint density at radius 1 is 1.10 bits per heavy atom. The second-order valence-corrected chi connectivity index (χ2v) is 7.48. The predicted octanol–water partition coefficient (Wildman–Crippen LogP) is 5.35. The Balaban J connectivity index is 1.86. The minimum Gasteiger partial charge on any atom is -0.478 e. The molecule has 0 unspecified atom stereocenters. The smallest absolute Gasteiger partial charge is 0.221 e. The van der Waals surface area contributed by atoms with Crippen molar-refractivity contribution in [1.82, 2.24) is 15.2 Å². The lowest BCUT2D eigenvalue weighted by atomic mass is 9.87. The number of hydrogen-bond acceptors (Lipinski definition) is 4. The number of hydrogen-bond donors (Lipinski definition) is 1. The topological polar surface area (TPSA) is 60.0 Å². The Kier molecular flexibility index (Phi) is 4.83. The monoisotopic (exact) mass is 409 g/mol. The van der Waals surface area contributed by atoms with Crippen LogP contribution < -0.4 is 4.74 Å². The van der Waals surface area contributed by atoms with Crippen molar-refractivity contribution in [1.29, 1.82) is 0 Å². The number of nitrogens with one attached hydrogen (secondary N) is 1. The van der Waals surface area contributed by atoms with Gasteiger partial charge in [0.05, 0.1) is 24.0 Å². The lowest BCUT2D eigenvalue weighted by Gasteiger charge is -2.25. The quantitative estimate of drug-likeness (QED) is 0.494. The van der Waals surface area contributed by atoms with Gasteiger partial charge in [-0.15, -0.1) is 0 Å². The Hall–Kier alpha value is -3.06. The molecule has 0 radical (unpaired) electrons. The maximum Gasteiger partial charge on any atom is 0.221 e. The molecular formula is C23H21F2N3O2. The van der Waals surface area contributed by atoms with E-state index in [1.807, 2.05) is 19.1 Å². The number of pyridine rings is 1. The van der Waals surface area contributed by atoms with Crippen molar-refractivity contribution < 1.29 is 18.3 Å². The van der Waals surface area contributed by atoms with Crippen LogP contribution in [0.25, 0.3) is 32.8 Å². The lowest BCUT2D eigenvalue weighted by Crippen LogP contribution is -2.16. The van der Waals surface area contributed by atoms with Gasteiger partial charge in [0.15, 0.2) is 11.6 Å². The summed E-state index contributed by atoms with van der Waals surface area (Å²) in [6.45, 7) is 3.68. The highest BCUT2D eigenvalue weighted by molar-refractivity contribution is 6.06. The molecule has 5 nitrogen and oxygen atoms in total. The van der Waals surface area contributed by atoms with Gasteiger partial charge in [0.2, 0.25) is 5.88 Å². The lowest BCUT2D eigenvalue weighted by molar-refractivity contribution is 0.0845. The fourth-order valence-corrected chi connectivity index (χ4v) is 4.21. The van der Waals surface area contributed by atoms with Crippen LogP contribution in [0.5, 0.6) is 5.88 Å². The average Bonchev–Trinajstić information content (AvgIpc) is 3.22. The minimum absolute atomic E-state index is 0.144. The van der Waals surface area contributed by atoms with E-state index < -0.39 is 11.6 Å². The largest absolute Gasteiger partial charge is 0.478 e. The molecule has 154 valence electrons. The molecule has 1 aliphatic heterocycles. The molecule has 0 spiro atoms. The summed E-state index contributed by atoms with van der Waals surface area (Å²) in [5, 5.41) is 9.73. The number of aromatic amines is 1. The highest BCUT2D eigenvalue weighted by atomic mass is 19.2. The normalized spacial score (nSPS) is 15.2. The van der Waals surface area contributed by atoms with Crippen LogP contribution in [-0.4, -0.2) is 35.0 Å². The summed E-state index contributed by atoms with van der Waals surface area (Å²) in [5.41, 5.74) is 3.10. The molecule has 30 heavy (non-hydrogen) atoms. The molecule has 1 aliphatic rings. The van der Waals surface area contributed by atoms with Gasteiger partial charge < -0.3 is 9.47 Å². The van der Waals surface area contributed by atoms with Crippen LogP contribution in [0.4, 0.5) is 8.78 Å². The van der Waals surface area contributed by atoms with E-state index in [2.05, 4.69) is 10.2 Å². The Morgan fingerprint density at radius 3 is 2.70 bits per heavy atom. The fourth-order valence-electron chi connectivity index (χ4n) is 4.21. The Morgan fingerprint density at radius 2 is 1.93 bits per heavy atom. The Labute approximate surface area is 172 Å². The Bertz CT molecular complexity index is 1230. The molecule has 0 saturated carbocycles. The summed E-state index contributed by atoms with van der Waals surface area (Å²) in [6, 6.07) is 7.98. The number of nitrogens with zero attached hydrogens (tertiary/aromatic N) is 2. The van der Waals surface area contributed by atoms with Crippen molar-refractivity contribution >= 4 is 21.7 Å². The van der Waals surface area contributed by atoms with E-state index >= 15 is 0 Å². The molecule has 1 N–H and O–H groups in total. The van der Waals surface area contributed by atoms with Gasteiger partial charge in [-0.1, -0.05) is 6.07 Å². The summed E-state index contributed by atoms with van der Waals surface area (Å²) in [6.07, 6.45) is 3.38. The zero-order chi connectivity index (χ0) is 20.7. The van der Waals surface area contributed by atoms with Crippen molar-refractivity contribution in [2.45, 2.75) is 25.7 Å². The molecule has 4 aromatic rings. The summed E-state index contributed by atoms with van der Waals surface area (Å²) in [7, 11) is 0. The molecule has 7 heteroatoms. The molecule has 0 bridgehead atoms.